The van der Waals surface area contributed by atoms with Gasteiger partial charge < -0.3 is 4.74 Å². The highest BCUT2D eigenvalue weighted by atomic mass is 16.5. The molecule has 0 N–H and O–H groups in total. The molecule has 2 nitrogen and oxygen atoms in total. The number of rotatable bonds is 4. The van der Waals surface area contributed by atoms with Gasteiger partial charge in [0, 0.05) is 11.5 Å². The van der Waals surface area contributed by atoms with Crippen molar-refractivity contribution in [1.82, 2.24) is 0 Å². The minimum absolute atomic E-state index is 0.198. The van der Waals surface area contributed by atoms with Gasteiger partial charge in [-0.3, -0.25) is 0 Å². The maximum absolute atomic E-state index is 10.9. The van der Waals surface area contributed by atoms with Crippen molar-refractivity contribution in [3.8, 4) is 0 Å². The maximum Gasteiger partial charge on any atom is 0.333 e. The molecule has 0 amide bonds. The van der Waals surface area contributed by atoms with Crippen molar-refractivity contribution in [2.75, 3.05) is 6.61 Å². The van der Waals surface area contributed by atoms with E-state index in [2.05, 4.69) is 13.5 Å². The summed E-state index contributed by atoms with van der Waals surface area (Å²) in [6, 6.07) is 0. The molecule has 0 bridgehead atoms. The topological polar surface area (TPSA) is 26.3 Å². The Labute approximate surface area is 73.6 Å². The van der Waals surface area contributed by atoms with Crippen LogP contribution in [0.1, 0.15) is 32.6 Å². The van der Waals surface area contributed by atoms with Crippen LogP contribution in [0.5, 0.6) is 0 Å². The van der Waals surface area contributed by atoms with Crippen LogP contribution in [0.2, 0.25) is 0 Å². The van der Waals surface area contributed by atoms with Crippen LogP contribution in [0.15, 0.2) is 12.2 Å². The van der Waals surface area contributed by atoms with Gasteiger partial charge in [0.2, 0.25) is 0 Å². The molecule has 12 heavy (non-hydrogen) atoms. The molecule has 0 aliphatic carbocycles. The largest absolute Gasteiger partial charge is 0.462 e. The van der Waals surface area contributed by atoms with Crippen molar-refractivity contribution in [2.24, 2.45) is 5.92 Å². The Morgan fingerprint density at radius 2 is 2.33 bits per heavy atom. The summed E-state index contributed by atoms with van der Waals surface area (Å²) >= 11 is 0. The van der Waals surface area contributed by atoms with Gasteiger partial charge in [-0.15, -0.1) is 0 Å². The van der Waals surface area contributed by atoms with Crippen molar-refractivity contribution < 1.29 is 9.53 Å². The average Bonchev–Trinajstić information content (AvgIpc) is 2.36. The number of cyclic esters (lactones) is 1. The number of esters is 1. The standard InChI is InChI=1S/C10H16O2/c1-3-4-5-6-9-7-12-10(11)8(9)2/h9H,2-7H2,1H3/t9-/m1/s1. The van der Waals surface area contributed by atoms with Crippen LogP contribution >= 0.6 is 0 Å². The van der Waals surface area contributed by atoms with Crippen LogP contribution in [-0.4, -0.2) is 12.6 Å². The molecule has 1 aliphatic rings. The Balaban J connectivity index is 2.25. The summed E-state index contributed by atoms with van der Waals surface area (Å²) in [5.74, 6) is 0.0977. The highest BCUT2D eigenvalue weighted by molar-refractivity contribution is 5.90. The van der Waals surface area contributed by atoms with E-state index >= 15 is 0 Å². The molecule has 1 aliphatic heterocycles. The molecule has 0 radical (unpaired) electrons. The van der Waals surface area contributed by atoms with Crippen LogP contribution < -0.4 is 0 Å². The van der Waals surface area contributed by atoms with E-state index in [0.717, 1.165) is 6.42 Å². The van der Waals surface area contributed by atoms with Gasteiger partial charge in [0.25, 0.3) is 0 Å². The van der Waals surface area contributed by atoms with Crippen LogP contribution in [0.3, 0.4) is 0 Å². The molecule has 1 heterocycles. The summed E-state index contributed by atoms with van der Waals surface area (Å²) in [7, 11) is 0. The summed E-state index contributed by atoms with van der Waals surface area (Å²) in [6.45, 7) is 6.45. The van der Waals surface area contributed by atoms with E-state index in [1.54, 1.807) is 0 Å². The fraction of sp³-hybridized carbons (Fsp3) is 0.700. The Morgan fingerprint density at radius 3 is 2.83 bits per heavy atom. The van der Waals surface area contributed by atoms with Crippen LogP contribution in [-0.2, 0) is 9.53 Å². The van der Waals surface area contributed by atoms with Crippen LogP contribution in [0, 0.1) is 5.92 Å². The highest BCUT2D eigenvalue weighted by Gasteiger charge is 2.27. The fourth-order valence-electron chi connectivity index (χ4n) is 1.43. The smallest absolute Gasteiger partial charge is 0.333 e. The minimum Gasteiger partial charge on any atom is -0.462 e. The number of carbonyl (C=O) groups is 1. The number of carbonyl (C=O) groups excluding carboxylic acids is 1. The molecule has 68 valence electrons. The summed E-state index contributed by atoms with van der Waals surface area (Å²) in [5.41, 5.74) is 0.672. The predicted molar refractivity (Wildman–Crippen MR) is 47.7 cm³/mol. The highest BCUT2D eigenvalue weighted by Crippen LogP contribution is 2.24. The normalized spacial score (nSPS) is 22.9. The number of hydrogen-bond donors (Lipinski definition) is 0. The van der Waals surface area contributed by atoms with Crippen molar-refractivity contribution in [3.05, 3.63) is 12.2 Å². The number of unbranched alkanes of at least 4 members (excludes halogenated alkanes) is 2. The van der Waals surface area contributed by atoms with E-state index < -0.39 is 0 Å². The molecule has 0 aromatic heterocycles. The zero-order chi connectivity index (χ0) is 8.97. The molecule has 0 unspecified atom stereocenters. The fourth-order valence-corrected chi connectivity index (χ4v) is 1.43. The van der Waals surface area contributed by atoms with Crippen LogP contribution in [0.25, 0.3) is 0 Å². The van der Waals surface area contributed by atoms with E-state index in [1.165, 1.54) is 19.3 Å². The molecule has 0 aromatic rings. The molecule has 0 aromatic carbocycles. The SMILES string of the molecule is C=C1C(=O)OC[C@H]1CCCCC. The first kappa shape index (κ1) is 9.30. The molecule has 1 rings (SSSR count). The second kappa shape index (κ2) is 4.29. The Kier molecular flexibility index (Phi) is 3.32. The zero-order valence-corrected chi connectivity index (χ0v) is 7.64. The molecule has 1 saturated heterocycles. The first-order valence-electron chi connectivity index (χ1n) is 4.61. The molecule has 1 fully saturated rings. The van der Waals surface area contributed by atoms with Crippen LogP contribution in [0.4, 0.5) is 0 Å². The van der Waals surface area contributed by atoms with Gasteiger partial charge in [0.15, 0.2) is 0 Å². The monoisotopic (exact) mass is 168 g/mol. The van der Waals surface area contributed by atoms with E-state index in [9.17, 15) is 4.79 Å². The number of hydrogen-bond acceptors (Lipinski definition) is 2. The van der Waals surface area contributed by atoms with Crippen molar-refractivity contribution in [3.63, 3.8) is 0 Å². The molecule has 0 spiro atoms. The summed E-state index contributed by atoms with van der Waals surface area (Å²) in [6.07, 6.45) is 4.68. The van der Waals surface area contributed by atoms with Gasteiger partial charge in [-0.05, 0) is 6.42 Å². The third kappa shape index (κ3) is 2.10. The van der Waals surface area contributed by atoms with E-state index in [1.807, 2.05) is 0 Å². The molecule has 2 heteroatoms. The quantitative estimate of drug-likeness (QED) is 0.366. The second-order valence-corrected chi connectivity index (χ2v) is 3.32. The number of ether oxygens (including phenoxy) is 1. The first-order valence-corrected chi connectivity index (χ1v) is 4.61. The maximum atomic E-state index is 10.9. The van der Waals surface area contributed by atoms with E-state index in [0.29, 0.717) is 18.1 Å². The lowest BCUT2D eigenvalue weighted by molar-refractivity contribution is -0.135. The average molecular weight is 168 g/mol. The van der Waals surface area contributed by atoms with Gasteiger partial charge in [-0.1, -0.05) is 32.8 Å². The van der Waals surface area contributed by atoms with Gasteiger partial charge in [0.05, 0.1) is 6.61 Å². The summed E-state index contributed by atoms with van der Waals surface area (Å²) in [4.78, 5) is 10.9. The van der Waals surface area contributed by atoms with Gasteiger partial charge in [-0.2, -0.15) is 0 Å². The third-order valence-electron chi connectivity index (χ3n) is 2.33. The van der Waals surface area contributed by atoms with Crippen molar-refractivity contribution >= 4 is 5.97 Å². The summed E-state index contributed by atoms with van der Waals surface area (Å²) in [5, 5.41) is 0. The zero-order valence-electron chi connectivity index (χ0n) is 7.64. The Bertz CT molecular complexity index is 184. The minimum atomic E-state index is -0.198. The lowest BCUT2D eigenvalue weighted by Gasteiger charge is -2.05. The third-order valence-corrected chi connectivity index (χ3v) is 2.33. The summed E-state index contributed by atoms with van der Waals surface area (Å²) < 4.78 is 4.87. The lowest BCUT2D eigenvalue weighted by Crippen LogP contribution is -2.01. The van der Waals surface area contributed by atoms with Crippen molar-refractivity contribution in [1.29, 1.82) is 0 Å². The van der Waals surface area contributed by atoms with Crippen molar-refractivity contribution in [2.45, 2.75) is 32.6 Å². The second-order valence-electron chi connectivity index (χ2n) is 3.32. The Morgan fingerprint density at radius 1 is 1.58 bits per heavy atom. The molecular formula is C10H16O2. The predicted octanol–water partition coefficient (Wildman–Crippen LogP) is 2.30. The molecular weight excluding hydrogens is 152 g/mol. The lowest BCUT2D eigenvalue weighted by atomic mass is 9.97. The molecule has 0 saturated carbocycles. The van der Waals surface area contributed by atoms with E-state index in [-0.39, 0.29) is 5.97 Å². The first-order chi connectivity index (χ1) is 5.75. The van der Waals surface area contributed by atoms with E-state index in [4.69, 9.17) is 4.74 Å². The molecule has 1 atom stereocenters. The van der Waals surface area contributed by atoms with Gasteiger partial charge in [-0.25, -0.2) is 4.79 Å². The van der Waals surface area contributed by atoms with Gasteiger partial charge in [0.1, 0.15) is 0 Å². The Hall–Kier alpha value is -0.790. The van der Waals surface area contributed by atoms with Gasteiger partial charge >= 0.3 is 5.97 Å².